The highest BCUT2D eigenvalue weighted by molar-refractivity contribution is 9.10. The van der Waals surface area contributed by atoms with Crippen molar-refractivity contribution < 1.29 is 14.3 Å². The summed E-state index contributed by atoms with van der Waals surface area (Å²) in [6, 6.07) is 20.0. The van der Waals surface area contributed by atoms with Crippen molar-refractivity contribution in [3.8, 4) is 5.75 Å². The molecule has 0 N–H and O–H groups in total. The van der Waals surface area contributed by atoms with Gasteiger partial charge in [0.25, 0.3) is 0 Å². The number of nitrogens with zero attached hydrogens (tertiary/aromatic N) is 1. The van der Waals surface area contributed by atoms with Crippen LogP contribution in [0.15, 0.2) is 81.9 Å². The summed E-state index contributed by atoms with van der Waals surface area (Å²) in [7, 11) is 0. The van der Waals surface area contributed by atoms with Crippen LogP contribution in [0.1, 0.15) is 16.7 Å². The number of hydrogen-bond acceptors (Lipinski definition) is 4. The molecule has 1 aliphatic rings. The highest BCUT2D eigenvalue weighted by Gasteiger charge is 2.24. The molecule has 7 heteroatoms. The van der Waals surface area contributed by atoms with Gasteiger partial charge in [-0.2, -0.15) is 0 Å². The Labute approximate surface area is 191 Å². The van der Waals surface area contributed by atoms with Crippen molar-refractivity contribution in [3.63, 3.8) is 0 Å². The summed E-state index contributed by atoms with van der Waals surface area (Å²) in [5.74, 6) is 0.457. The molecule has 0 saturated carbocycles. The summed E-state index contributed by atoms with van der Waals surface area (Å²) >= 11 is 15.7. The predicted molar refractivity (Wildman–Crippen MR) is 122 cm³/mol. The van der Waals surface area contributed by atoms with E-state index in [4.69, 9.17) is 32.7 Å². The highest BCUT2D eigenvalue weighted by atomic mass is 79.9. The van der Waals surface area contributed by atoms with Crippen LogP contribution in [0.2, 0.25) is 10.0 Å². The molecule has 150 valence electrons. The maximum absolute atomic E-state index is 12.2. The first-order valence-corrected chi connectivity index (χ1v) is 10.5. The second kappa shape index (κ2) is 9.04. The molecule has 0 spiro atoms. The van der Waals surface area contributed by atoms with Gasteiger partial charge in [-0.15, -0.1) is 0 Å². The number of halogens is 3. The molecule has 3 aromatic carbocycles. The van der Waals surface area contributed by atoms with Crippen molar-refractivity contribution in [1.29, 1.82) is 0 Å². The molecule has 0 fully saturated rings. The van der Waals surface area contributed by atoms with Crippen molar-refractivity contribution in [2.75, 3.05) is 0 Å². The van der Waals surface area contributed by atoms with Crippen LogP contribution in [-0.4, -0.2) is 11.9 Å². The Bertz CT molecular complexity index is 1140. The van der Waals surface area contributed by atoms with E-state index in [0.717, 1.165) is 21.2 Å². The number of aliphatic imine (C=N–C) groups is 1. The molecular formula is C23H14BrCl2NO3. The van der Waals surface area contributed by atoms with Gasteiger partial charge in [-0.05, 0) is 60.2 Å². The van der Waals surface area contributed by atoms with Gasteiger partial charge in [0.05, 0.1) is 0 Å². The second-order valence-electron chi connectivity index (χ2n) is 6.40. The lowest BCUT2D eigenvalue weighted by molar-refractivity contribution is -0.129. The molecule has 0 aromatic heterocycles. The first kappa shape index (κ1) is 20.7. The quantitative estimate of drug-likeness (QED) is 0.289. The SMILES string of the molecule is O=C1OC(c2ccc(Br)cc2)=N/C1=C\c1ccc(OCc2c(Cl)cccc2Cl)cc1. The fraction of sp³-hybridized carbons (Fsp3) is 0.0435. The van der Waals surface area contributed by atoms with Gasteiger partial charge in [-0.3, -0.25) is 0 Å². The van der Waals surface area contributed by atoms with Crippen LogP contribution < -0.4 is 4.74 Å². The molecule has 1 aliphatic heterocycles. The molecule has 4 nitrogen and oxygen atoms in total. The number of ether oxygens (including phenoxy) is 2. The molecule has 0 atom stereocenters. The Kier molecular flexibility index (Phi) is 6.23. The zero-order valence-electron chi connectivity index (χ0n) is 15.4. The number of cyclic esters (lactones) is 1. The molecule has 1 heterocycles. The summed E-state index contributed by atoms with van der Waals surface area (Å²) in [5.41, 5.74) is 2.50. The van der Waals surface area contributed by atoms with Crippen LogP contribution in [-0.2, 0) is 16.1 Å². The third kappa shape index (κ3) is 4.75. The van der Waals surface area contributed by atoms with E-state index in [-0.39, 0.29) is 18.2 Å². The topological polar surface area (TPSA) is 47.9 Å². The van der Waals surface area contributed by atoms with Crippen molar-refractivity contribution in [2.45, 2.75) is 6.61 Å². The van der Waals surface area contributed by atoms with Crippen LogP contribution in [0.3, 0.4) is 0 Å². The van der Waals surface area contributed by atoms with Gasteiger partial charge in [-0.25, -0.2) is 9.79 Å². The summed E-state index contributed by atoms with van der Waals surface area (Å²) in [4.78, 5) is 16.5. The second-order valence-corrected chi connectivity index (χ2v) is 8.13. The maximum Gasteiger partial charge on any atom is 0.363 e. The molecule has 3 aromatic rings. The van der Waals surface area contributed by atoms with E-state index in [1.54, 1.807) is 36.4 Å². The molecule has 0 radical (unpaired) electrons. The predicted octanol–water partition coefficient (Wildman–Crippen LogP) is 6.68. The third-order valence-electron chi connectivity index (χ3n) is 4.34. The lowest BCUT2D eigenvalue weighted by atomic mass is 10.2. The minimum absolute atomic E-state index is 0.240. The molecular weight excluding hydrogens is 489 g/mol. The number of carbonyl (C=O) groups excluding carboxylic acids is 1. The van der Waals surface area contributed by atoms with Crippen molar-refractivity contribution in [3.05, 3.63) is 104 Å². The Hall–Kier alpha value is -2.60. The number of esters is 1. The molecule has 0 unspecified atom stereocenters. The number of rotatable bonds is 5. The van der Waals surface area contributed by atoms with Crippen molar-refractivity contribution in [1.82, 2.24) is 0 Å². The average molecular weight is 503 g/mol. The maximum atomic E-state index is 12.2. The van der Waals surface area contributed by atoms with Gasteiger partial charge in [0, 0.05) is 25.6 Å². The number of carbonyl (C=O) groups is 1. The van der Waals surface area contributed by atoms with E-state index < -0.39 is 5.97 Å². The minimum atomic E-state index is -0.485. The Morgan fingerprint density at radius 1 is 0.967 bits per heavy atom. The Balaban J connectivity index is 1.47. The molecule has 0 amide bonds. The molecule has 4 rings (SSSR count). The molecule has 0 bridgehead atoms. The van der Waals surface area contributed by atoms with Gasteiger partial charge in [0.1, 0.15) is 12.4 Å². The summed E-state index contributed by atoms with van der Waals surface area (Å²) in [6.45, 7) is 0.256. The van der Waals surface area contributed by atoms with Gasteiger partial charge < -0.3 is 9.47 Å². The largest absolute Gasteiger partial charge is 0.489 e. The number of benzene rings is 3. The van der Waals surface area contributed by atoms with Gasteiger partial charge in [0.15, 0.2) is 5.70 Å². The molecule has 30 heavy (non-hydrogen) atoms. The van der Waals surface area contributed by atoms with Crippen LogP contribution in [0.4, 0.5) is 0 Å². The zero-order valence-corrected chi connectivity index (χ0v) is 18.5. The normalized spacial score (nSPS) is 14.6. The summed E-state index contributed by atoms with van der Waals surface area (Å²) in [6.07, 6.45) is 1.67. The van der Waals surface area contributed by atoms with Crippen LogP contribution in [0.25, 0.3) is 6.08 Å². The lowest BCUT2D eigenvalue weighted by Gasteiger charge is -2.09. The van der Waals surface area contributed by atoms with E-state index >= 15 is 0 Å². The fourth-order valence-corrected chi connectivity index (χ4v) is 3.54. The van der Waals surface area contributed by atoms with Crippen LogP contribution >= 0.6 is 39.1 Å². The summed E-state index contributed by atoms with van der Waals surface area (Å²) < 4.78 is 12.0. The van der Waals surface area contributed by atoms with Crippen molar-refractivity contribution in [2.24, 2.45) is 4.99 Å². The smallest absolute Gasteiger partial charge is 0.363 e. The van der Waals surface area contributed by atoms with Gasteiger partial charge in [0.2, 0.25) is 5.90 Å². The van der Waals surface area contributed by atoms with E-state index in [9.17, 15) is 4.79 Å². The standard InChI is InChI=1S/C23H14BrCl2NO3/c24-16-8-6-15(7-9-16)22-27-21(23(28)30-22)12-14-4-10-17(11-5-14)29-13-18-19(25)2-1-3-20(18)26/h1-12H,13H2/b21-12-. The Morgan fingerprint density at radius 2 is 1.63 bits per heavy atom. The summed E-state index contributed by atoms with van der Waals surface area (Å²) in [5, 5.41) is 1.12. The Morgan fingerprint density at radius 3 is 2.30 bits per heavy atom. The van der Waals surface area contributed by atoms with E-state index in [1.165, 1.54) is 0 Å². The van der Waals surface area contributed by atoms with Crippen LogP contribution in [0, 0.1) is 0 Å². The molecule has 0 saturated heterocycles. The average Bonchev–Trinajstić information content (AvgIpc) is 3.09. The first-order chi connectivity index (χ1) is 14.5. The van der Waals surface area contributed by atoms with Crippen LogP contribution in [0.5, 0.6) is 5.75 Å². The fourth-order valence-electron chi connectivity index (χ4n) is 2.77. The highest BCUT2D eigenvalue weighted by Crippen LogP contribution is 2.26. The van der Waals surface area contributed by atoms with E-state index in [2.05, 4.69) is 20.9 Å². The monoisotopic (exact) mass is 501 g/mol. The minimum Gasteiger partial charge on any atom is -0.489 e. The van der Waals surface area contributed by atoms with E-state index in [1.807, 2.05) is 36.4 Å². The first-order valence-electron chi connectivity index (χ1n) is 8.94. The van der Waals surface area contributed by atoms with Crippen molar-refractivity contribution >= 4 is 57.1 Å². The van der Waals surface area contributed by atoms with Gasteiger partial charge in [-0.1, -0.05) is 57.3 Å². The van der Waals surface area contributed by atoms with E-state index in [0.29, 0.717) is 15.8 Å². The third-order valence-corrected chi connectivity index (χ3v) is 5.58. The zero-order chi connectivity index (χ0) is 21.1. The van der Waals surface area contributed by atoms with Gasteiger partial charge >= 0.3 is 5.97 Å². The molecule has 0 aliphatic carbocycles. The number of hydrogen-bond donors (Lipinski definition) is 0. The lowest BCUT2D eigenvalue weighted by Crippen LogP contribution is -2.05.